The van der Waals surface area contributed by atoms with Gasteiger partial charge in [0.1, 0.15) is 0 Å². The molecule has 0 aromatic rings. The first-order chi connectivity index (χ1) is 5.93. The summed E-state index contributed by atoms with van der Waals surface area (Å²) in [6.07, 6.45) is -0.683. The smallest absolute Gasteiger partial charge is 0.550 e. The molecule has 0 amide bonds. The molecule has 15 heavy (non-hydrogen) atoms. The van der Waals surface area contributed by atoms with Crippen molar-refractivity contribution in [1.29, 1.82) is 0 Å². The number of hydrogen-bond donors (Lipinski definition) is 2. The fourth-order valence-corrected chi connectivity index (χ4v) is 0.670. The molecule has 74 valence electrons. The van der Waals surface area contributed by atoms with E-state index in [-0.39, 0.29) is 109 Å². The molecule has 0 aliphatic carbocycles. The number of carbonyl (C=O) groups excluding carboxylic acids is 2. The van der Waals surface area contributed by atoms with Gasteiger partial charge in [-0.2, -0.15) is 0 Å². The zero-order chi connectivity index (χ0) is 10.4. The maximum absolute atomic E-state index is 10.3. The summed E-state index contributed by atoms with van der Waals surface area (Å²) in [5.74, 6) is -3.31. The third-order valence-electron chi connectivity index (χ3n) is 1.20. The second-order valence-electron chi connectivity index (χ2n) is 2.30. The van der Waals surface area contributed by atoms with Crippen molar-refractivity contribution >= 4 is 17.9 Å². The van der Waals surface area contributed by atoms with Crippen molar-refractivity contribution in [3.8, 4) is 0 Å². The molecule has 0 fully saturated rings. The van der Waals surface area contributed by atoms with Crippen molar-refractivity contribution < 1.29 is 123 Å². The molecule has 0 saturated carbocycles. The Balaban J connectivity index is -0.000000720. The maximum Gasteiger partial charge on any atom is 1.00 e. The Kier molecular flexibility index (Phi) is 17.3. The van der Waals surface area contributed by atoms with Crippen molar-refractivity contribution in [2.75, 3.05) is 0 Å². The van der Waals surface area contributed by atoms with Gasteiger partial charge in [-0.05, 0) is 12.8 Å². The number of aliphatic carboxylic acids is 2. The molecule has 0 unspecified atom stereocenters. The molecule has 0 rings (SSSR count). The predicted octanol–water partition coefficient (Wildman–Crippen LogP) is -10.1. The SMILES string of the molecule is NC(N)=N[C@H](CCC(=O)[O-])C(=O)[O-].[K+].[K+]. The van der Waals surface area contributed by atoms with Gasteiger partial charge in [-0.25, -0.2) is 4.99 Å². The van der Waals surface area contributed by atoms with Crippen LogP contribution in [0.2, 0.25) is 0 Å². The van der Waals surface area contributed by atoms with Crippen molar-refractivity contribution in [2.45, 2.75) is 18.9 Å². The quantitative estimate of drug-likeness (QED) is 0.287. The molecule has 9 heteroatoms. The average molecular weight is 265 g/mol. The molecule has 0 spiro atoms. The minimum Gasteiger partial charge on any atom is -0.550 e. The zero-order valence-corrected chi connectivity index (χ0v) is 15.0. The second-order valence-corrected chi connectivity index (χ2v) is 2.30. The van der Waals surface area contributed by atoms with E-state index in [0.717, 1.165) is 0 Å². The maximum atomic E-state index is 10.3. The number of rotatable bonds is 5. The van der Waals surface area contributed by atoms with Gasteiger partial charge in [-0.1, -0.05) is 0 Å². The molecule has 0 aliphatic heterocycles. The summed E-state index contributed by atoms with van der Waals surface area (Å²) in [4.78, 5) is 23.5. The van der Waals surface area contributed by atoms with Crippen LogP contribution >= 0.6 is 0 Å². The third kappa shape index (κ3) is 13.4. The summed E-state index contributed by atoms with van der Waals surface area (Å²) in [5, 5.41) is 20.3. The number of hydrogen-bond acceptors (Lipinski definition) is 5. The Morgan fingerprint density at radius 2 is 1.67 bits per heavy atom. The van der Waals surface area contributed by atoms with Gasteiger partial charge in [0.2, 0.25) is 0 Å². The van der Waals surface area contributed by atoms with E-state index in [4.69, 9.17) is 11.5 Å². The van der Waals surface area contributed by atoms with E-state index in [1.165, 1.54) is 0 Å². The van der Waals surface area contributed by atoms with Gasteiger partial charge >= 0.3 is 103 Å². The number of guanidine groups is 1. The normalized spacial score (nSPS) is 10.1. The molecule has 4 N–H and O–H groups in total. The second kappa shape index (κ2) is 12.0. The topological polar surface area (TPSA) is 145 Å². The van der Waals surface area contributed by atoms with E-state index in [9.17, 15) is 19.8 Å². The van der Waals surface area contributed by atoms with Crippen molar-refractivity contribution in [2.24, 2.45) is 16.5 Å². The zero-order valence-electron chi connectivity index (χ0n) is 8.73. The first-order valence-corrected chi connectivity index (χ1v) is 3.43. The standard InChI is InChI=1S/C6H11N3O4.2K/c7-6(8)9-3(5(12)13)1-2-4(10)11;;/h3H,1-2H2,(H,10,11)(H,12,13)(H4,7,8,9);;/q;2*+1/p-2/t3-;;/m1../s1. The number of carboxylic acid groups (broad SMARTS) is 2. The van der Waals surface area contributed by atoms with Gasteiger partial charge < -0.3 is 31.3 Å². The van der Waals surface area contributed by atoms with Gasteiger partial charge in [-0.15, -0.1) is 0 Å². The Hall–Kier alpha value is 1.48. The van der Waals surface area contributed by atoms with E-state index in [1.807, 2.05) is 0 Å². The van der Waals surface area contributed by atoms with Crippen LogP contribution in [0.5, 0.6) is 0 Å². The van der Waals surface area contributed by atoms with Crippen LogP contribution in [-0.2, 0) is 9.59 Å². The fraction of sp³-hybridized carbons (Fsp3) is 0.500. The van der Waals surface area contributed by atoms with Crippen LogP contribution in [0.4, 0.5) is 0 Å². The number of nitrogens with zero attached hydrogens (tertiary/aromatic N) is 1. The van der Waals surface area contributed by atoms with Gasteiger partial charge in [-0.3, -0.25) is 0 Å². The number of carboxylic acids is 2. The predicted molar refractivity (Wildman–Crippen MR) is 38.8 cm³/mol. The minimum atomic E-state index is -1.52. The number of aliphatic imine (C=N–C) groups is 1. The first kappa shape index (κ1) is 21.7. The van der Waals surface area contributed by atoms with E-state index in [0.29, 0.717) is 0 Å². The Morgan fingerprint density at radius 1 is 1.20 bits per heavy atom. The van der Waals surface area contributed by atoms with Gasteiger partial charge in [0.05, 0.1) is 12.0 Å². The van der Waals surface area contributed by atoms with Crippen LogP contribution in [-0.4, -0.2) is 23.9 Å². The Bertz CT molecular complexity index is 243. The molecule has 0 aromatic heterocycles. The molecular weight excluding hydrogens is 256 g/mol. The monoisotopic (exact) mass is 265 g/mol. The van der Waals surface area contributed by atoms with E-state index < -0.39 is 30.4 Å². The van der Waals surface area contributed by atoms with Gasteiger partial charge in [0, 0.05) is 5.97 Å². The summed E-state index contributed by atoms with van der Waals surface area (Å²) in [6, 6.07) is -1.33. The van der Waals surface area contributed by atoms with Crippen molar-refractivity contribution in [3.05, 3.63) is 0 Å². The molecule has 0 bridgehead atoms. The van der Waals surface area contributed by atoms with Crippen molar-refractivity contribution in [3.63, 3.8) is 0 Å². The van der Waals surface area contributed by atoms with Crippen LogP contribution < -0.4 is 124 Å². The van der Waals surface area contributed by atoms with Crippen LogP contribution in [0.3, 0.4) is 0 Å². The molecule has 0 aliphatic rings. The van der Waals surface area contributed by atoms with Crippen LogP contribution in [0, 0.1) is 0 Å². The molecule has 0 aromatic carbocycles. The Morgan fingerprint density at radius 3 is 1.93 bits per heavy atom. The number of nitrogens with two attached hydrogens (primary N) is 2. The van der Waals surface area contributed by atoms with Crippen LogP contribution in [0.1, 0.15) is 12.8 Å². The summed E-state index contributed by atoms with van der Waals surface area (Å²) < 4.78 is 0. The Labute approximate surface area is 172 Å². The molecule has 7 nitrogen and oxygen atoms in total. The largest absolute Gasteiger partial charge is 1.00 e. The van der Waals surface area contributed by atoms with Crippen LogP contribution in [0.25, 0.3) is 0 Å². The minimum absolute atomic E-state index is 0. The summed E-state index contributed by atoms with van der Waals surface area (Å²) >= 11 is 0. The van der Waals surface area contributed by atoms with Crippen LogP contribution in [0.15, 0.2) is 4.99 Å². The van der Waals surface area contributed by atoms with Gasteiger partial charge in [0.25, 0.3) is 0 Å². The average Bonchev–Trinajstić information content (AvgIpc) is 1.96. The summed E-state index contributed by atoms with van der Waals surface area (Å²) in [6.45, 7) is 0. The molecule has 0 radical (unpaired) electrons. The third-order valence-corrected chi connectivity index (χ3v) is 1.20. The summed E-state index contributed by atoms with van der Waals surface area (Å²) in [7, 11) is 0. The molecule has 0 heterocycles. The van der Waals surface area contributed by atoms with Crippen molar-refractivity contribution in [1.82, 2.24) is 0 Å². The van der Waals surface area contributed by atoms with E-state index in [1.54, 1.807) is 0 Å². The van der Waals surface area contributed by atoms with E-state index >= 15 is 0 Å². The molecule has 1 atom stereocenters. The summed E-state index contributed by atoms with van der Waals surface area (Å²) in [5.41, 5.74) is 9.82. The number of carbonyl (C=O) groups is 2. The molecule has 0 saturated heterocycles. The first-order valence-electron chi connectivity index (χ1n) is 3.43. The fourth-order valence-electron chi connectivity index (χ4n) is 0.670. The molecular formula is C6H9K2N3O4. The van der Waals surface area contributed by atoms with Gasteiger partial charge in [0.15, 0.2) is 5.96 Å². The van der Waals surface area contributed by atoms with E-state index in [2.05, 4.69) is 4.99 Å².